The number of carbonyl (C=O) groups excluding carboxylic acids is 2. The topological polar surface area (TPSA) is 46.6 Å². The van der Waals surface area contributed by atoms with E-state index >= 15 is 0 Å². The second-order valence-electron chi connectivity index (χ2n) is 5.43. The maximum absolute atomic E-state index is 13.5. The highest BCUT2D eigenvalue weighted by Gasteiger charge is 2.14. The van der Waals surface area contributed by atoms with Gasteiger partial charge in [-0.05, 0) is 18.4 Å². The number of rotatable bonds is 7. The molecule has 1 aromatic carbocycles. The van der Waals surface area contributed by atoms with Gasteiger partial charge in [0.15, 0.2) is 6.61 Å². The van der Waals surface area contributed by atoms with Crippen molar-refractivity contribution >= 4 is 11.9 Å². The zero-order chi connectivity index (χ0) is 15.8. The van der Waals surface area contributed by atoms with Crippen molar-refractivity contribution < 1.29 is 18.7 Å². The second kappa shape index (κ2) is 8.39. The fourth-order valence-electron chi connectivity index (χ4n) is 1.70. The van der Waals surface area contributed by atoms with Crippen LogP contribution in [0.5, 0.6) is 0 Å². The second-order valence-corrected chi connectivity index (χ2v) is 5.43. The average molecular weight is 295 g/mol. The number of carbonyl (C=O) groups is 2. The normalized spacial score (nSPS) is 10.5. The summed E-state index contributed by atoms with van der Waals surface area (Å²) in [6.45, 7) is 3.87. The quantitative estimate of drug-likeness (QED) is 0.727. The molecule has 0 saturated carbocycles. The summed E-state index contributed by atoms with van der Waals surface area (Å²) in [6, 6.07) is 6.27. The highest BCUT2D eigenvalue weighted by molar-refractivity contribution is 5.80. The summed E-state index contributed by atoms with van der Waals surface area (Å²) < 4.78 is 18.4. The van der Waals surface area contributed by atoms with E-state index in [0.29, 0.717) is 17.9 Å². The predicted octanol–water partition coefficient (Wildman–Crippen LogP) is 2.76. The molecule has 4 nitrogen and oxygen atoms in total. The van der Waals surface area contributed by atoms with Crippen molar-refractivity contribution in [1.29, 1.82) is 0 Å². The van der Waals surface area contributed by atoms with Gasteiger partial charge in [-0.25, -0.2) is 4.39 Å². The lowest BCUT2D eigenvalue weighted by atomic mass is 10.1. The molecule has 5 heteroatoms. The zero-order valence-corrected chi connectivity index (χ0v) is 12.8. The van der Waals surface area contributed by atoms with E-state index < -0.39 is 0 Å². The molecular formula is C16H22FNO3. The minimum Gasteiger partial charge on any atom is -0.456 e. The van der Waals surface area contributed by atoms with Crippen LogP contribution in [0.1, 0.15) is 32.3 Å². The number of likely N-dealkylation sites (N-methyl/N-ethyl adjacent to an activating group) is 1. The molecule has 0 N–H and O–H groups in total. The minimum absolute atomic E-state index is 0.148. The summed E-state index contributed by atoms with van der Waals surface area (Å²) in [5.41, 5.74) is 0.430. The molecule has 0 unspecified atom stereocenters. The molecule has 1 aromatic rings. The molecule has 0 radical (unpaired) electrons. The van der Waals surface area contributed by atoms with E-state index in [1.54, 1.807) is 25.2 Å². The molecule has 0 fully saturated rings. The van der Waals surface area contributed by atoms with Gasteiger partial charge in [-0.2, -0.15) is 0 Å². The highest BCUT2D eigenvalue weighted by atomic mass is 19.1. The van der Waals surface area contributed by atoms with Crippen LogP contribution in [0.4, 0.5) is 4.39 Å². The molecule has 21 heavy (non-hydrogen) atoms. The Morgan fingerprint density at radius 1 is 1.29 bits per heavy atom. The van der Waals surface area contributed by atoms with Gasteiger partial charge in [0.05, 0.1) is 0 Å². The summed E-state index contributed by atoms with van der Waals surface area (Å²) in [7, 11) is 1.55. The molecule has 1 rings (SSSR count). The standard InChI is InChI=1S/C16H22FNO3/c1-12(2)8-9-16(20)21-11-15(19)18(3)10-13-6-4-5-7-14(13)17/h4-7,12H,8-11H2,1-3H3. The van der Waals surface area contributed by atoms with E-state index in [4.69, 9.17) is 4.74 Å². The molecule has 0 aliphatic rings. The lowest BCUT2D eigenvalue weighted by Gasteiger charge is -2.17. The molecule has 0 aliphatic carbocycles. The Morgan fingerprint density at radius 3 is 2.57 bits per heavy atom. The molecular weight excluding hydrogens is 273 g/mol. The Kier molecular flexibility index (Phi) is 6.85. The van der Waals surface area contributed by atoms with Crippen molar-refractivity contribution in [1.82, 2.24) is 4.90 Å². The third-order valence-corrected chi connectivity index (χ3v) is 3.07. The van der Waals surface area contributed by atoms with Crippen LogP contribution in [0.15, 0.2) is 24.3 Å². The molecule has 0 spiro atoms. The van der Waals surface area contributed by atoms with E-state index in [1.807, 2.05) is 13.8 Å². The van der Waals surface area contributed by atoms with Crippen LogP contribution in [0, 0.1) is 11.7 Å². The number of ether oxygens (including phenoxy) is 1. The first-order valence-electron chi connectivity index (χ1n) is 7.03. The van der Waals surface area contributed by atoms with Crippen molar-refractivity contribution in [2.24, 2.45) is 5.92 Å². The van der Waals surface area contributed by atoms with Gasteiger partial charge in [0.25, 0.3) is 5.91 Å². The summed E-state index contributed by atoms with van der Waals surface area (Å²) in [6.07, 6.45) is 1.04. The van der Waals surface area contributed by atoms with Crippen molar-refractivity contribution in [3.63, 3.8) is 0 Å². The fourth-order valence-corrected chi connectivity index (χ4v) is 1.70. The number of esters is 1. The first-order valence-corrected chi connectivity index (χ1v) is 7.03. The summed E-state index contributed by atoms with van der Waals surface area (Å²) >= 11 is 0. The van der Waals surface area contributed by atoms with Gasteiger partial charge in [-0.1, -0.05) is 32.0 Å². The summed E-state index contributed by atoms with van der Waals surface area (Å²) in [5.74, 6) is -0.671. The predicted molar refractivity (Wildman–Crippen MR) is 77.9 cm³/mol. The SMILES string of the molecule is CC(C)CCC(=O)OCC(=O)N(C)Cc1ccccc1F. The van der Waals surface area contributed by atoms with Crippen LogP contribution < -0.4 is 0 Å². The molecule has 0 atom stereocenters. The fraction of sp³-hybridized carbons (Fsp3) is 0.500. The van der Waals surface area contributed by atoms with Crippen LogP contribution in [0.2, 0.25) is 0 Å². The van der Waals surface area contributed by atoms with Crippen LogP contribution in [-0.2, 0) is 20.9 Å². The molecule has 1 amide bonds. The van der Waals surface area contributed by atoms with Gasteiger partial charge < -0.3 is 9.64 Å². The van der Waals surface area contributed by atoms with Gasteiger partial charge in [0.1, 0.15) is 5.82 Å². The Hall–Kier alpha value is -1.91. The van der Waals surface area contributed by atoms with Gasteiger partial charge in [-0.3, -0.25) is 9.59 Å². The lowest BCUT2D eigenvalue weighted by molar-refractivity contribution is -0.151. The molecule has 0 aliphatic heterocycles. The molecule has 0 saturated heterocycles. The largest absolute Gasteiger partial charge is 0.456 e. The maximum Gasteiger partial charge on any atom is 0.306 e. The van der Waals surface area contributed by atoms with Crippen molar-refractivity contribution in [2.45, 2.75) is 33.2 Å². The van der Waals surface area contributed by atoms with Gasteiger partial charge in [0, 0.05) is 25.6 Å². The molecule has 0 heterocycles. The van der Waals surface area contributed by atoms with Crippen molar-refractivity contribution in [3.8, 4) is 0 Å². The Bertz CT molecular complexity index is 488. The van der Waals surface area contributed by atoms with E-state index in [-0.39, 0.29) is 30.8 Å². The molecule has 0 aromatic heterocycles. The van der Waals surface area contributed by atoms with E-state index in [2.05, 4.69) is 0 Å². The number of amides is 1. The number of nitrogens with zero attached hydrogens (tertiary/aromatic N) is 1. The molecule has 0 bridgehead atoms. The third kappa shape index (κ3) is 6.38. The minimum atomic E-state index is -0.378. The number of hydrogen-bond acceptors (Lipinski definition) is 3. The number of halogens is 1. The van der Waals surface area contributed by atoms with E-state index in [1.165, 1.54) is 11.0 Å². The van der Waals surface area contributed by atoms with Crippen molar-refractivity contribution in [3.05, 3.63) is 35.6 Å². The smallest absolute Gasteiger partial charge is 0.306 e. The van der Waals surface area contributed by atoms with Crippen LogP contribution in [-0.4, -0.2) is 30.4 Å². The highest BCUT2D eigenvalue weighted by Crippen LogP contribution is 2.09. The van der Waals surface area contributed by atoms with Gasteiger partial charge >= 0.3 is 5.97 Å². The molecule has 116 valence electrons. The first kappa shape index (κ1) is 17.1. The Labute approximate surface area is 124 Å². The Morgan fingerprint density at radius 2 is 1.95 bits per heavy atom. The number of hydrogen-bond donors (Lipinski definition) is 0. The van der Waals surface area contributed by atoms with Crippen molar-refractivity contribution in [2.75, 3.05) is 13.7 Å². The van der Waals surface area contributed by atoms with E-state index in [9.17, 15) is 14.0 Å². The van der Waals surface area contributed by atoms with Gasteiger partial charge in [-0.15, -0.1) is 0 Å². The Balaban J connectivity index is 2.38. The zero-order valence-electron chi connectivity index (χ0n) is 12.8. The third-order valence-electron chi connectivity index (χ3n) is 3.07. The van der Waals surface area contributed by atoms with Gasteiger partial charge in [0.2, 0.25) is 0 Å². The van der Waals surface area contributed by atoms with Crippen LogP contribution in [0.25, 0.3) is 0 Å². The van der Waals surface area contributed by atoms with E-state index in [0.717, 1.165) is 6.42 Å². The summed E-state index contributed by atoms with van der Waals surface area (Å²) in [5, 5.41) is 0. The monoisotopic (exact) mass is 295 g/mol. The number of benzene rings is 1. The summed E-state index contributed by atoms with van der Waals surface area (Å²) in [4.78, 5) is 24.6. The van der Waals surface area contributed by atoms with Crippen LogP contribution >= 0.6 is 0 Å². The maximum atomic E-state index is 13.5. The van der Waals surface area contributed by atoms with Crippen LogP contribution in [0.3, 0.4) is 0 Å². The lowest BCUT2D eigenvalue weighted by Crippen LogP contribution is -2.31. The first-order chi connectivity index (χ1) is 9.90. The average Bonchev–Trinajstić information content (AvgIpc) is 2.44.